The van der Waals surface area contributed by atoms with Crippen molar-refractivity contribution in [3.05, 3.63) is 41.2 Å². The van der Waals surface area contributed by atoms with Crippen LogP contribution < -0.4 is 15.5 Å². The van der Waals surface area contributed by atoms with Crippen molar-refractivity contribution in [1.82, 2.24) is 15.2 Å². The van der Waals surface area contributed by atoms with E-state index in [1.807, 2.05) is 0 Å². The van der Waals surface area contributed by atoms with Gasteiger partial charge in [-0.25, -0.2) is 14.2 Å². The van der Waals surface area contributed by atoms with Gasteiger partial charge in [-0.15, -0.1) is 11.3 Å². The van der Waals surface area contributed by atoms with Crippen molar-refractivity contribution in [2.75, 3.05) is 36.9 Å². The highest BCUT2D eigenvalue weighted by molar-refractivity contribution is 7.13. The van der Waals surface area contributed by atoms with Crippen LogP contribution in [0.15, 0.2) is 29.6 Å². The molecule has 0 spiro atoms. The van der Waals surface area contributed by atoms with E-state index in [1.165, 1.54) is 40.3 Å². The molecule has 10 heteroatoms. The normalized spacial score (nSPS) is 13.8. The maximum absolute atomic E-state index is 13.9. The lowest BCUT2D eigenvalue weighted by Gasteiger charge is -2.18. The zero-order chi connectivity index (χ0) is 19.4. The predicted molar refractivity (Wildman–Crippen MR) is 99.2 cm³/mol. The summed E-state index contributed by atoms with van der Waals surface area (Å²) in [5.74, 6) is -1.06. The quantitative estimate of drug-likeness (QED) is 0.779. The van der Waals surface area contributed by atoms with E-state index in [4.69, 9.17) is 0 Å². The standard InChI is InChI=1S/C17H18FN5O3S/c1-19-14(24)8-11-10-27-16(20-11)21-15(25)9-22-6-7-23(17(22)26)13-5-3-2-4-12(13)18/h2-5,10H,6-9H2,1H3,(H,19,24)(H,20,21,25). The summed E-state index contributed by atoms with van der Waals surface area (Å²) in [6, 6.07) is 5.60. The van der Waals surface area contributed by atoms with Crippen LogP contribution in [0.2, 0.25) is 0 Å². The first kappa shape index (κ1) is 18.8. The van der Waals surface area contributed by atoms with Crippen molar-refractivity contribution < 1.29 is 18.8 Å². The fourth-order valence-electron chi connectivity index (χ4n) is 2.65. The Morgan fingerprint density at radius 1 is 1.26 bits per heavy atom. The maximum Gasteiger partial charge on any atom is 0.325 e. The fraction of sp³-hybridized carbons (Fsp3) is 0.294. The van der Waals surface area contributed by atoms with E-state index in [1.54, 1.807) is 17.5 Å². The molecule has 2 N–H and O–H groups in total. The van der Waals surface area contributed by atoms with Crippen molar-refractivity contribution >= 4 is 40.0 Å². The number of carbonyl (C=O) groups excluding carboxylic acids is 3. The second-order valence-electron chi connectivity index (χ2n) is 5.85. The number of benzene rings is 1. The number of para-hydroxylation sites is 1. The first-order valence-electron chi connectivity index (χ1n) is 8.23. The molecule has 27 heavy (non-hydrogen) atoms. The van der Waals surface area contributed by atoms with Gasteiger partial charge in [0.2, 0.25) is 11.8 Å². The second kappa shape index (κ2) is 8.12. The van der Waals surface area contributed by atoms with Gasteiger partial charge in [-0.2, -0.15) is 0 Å². The van der Waals surface area contributed by atoms with Crippen LogP contribution in [0.25, 0.3) is 0 Å². The fourth-order valence-corrected chi connectivity index (χ4v) is 3.38. The largest absolute Gasteiger partial charge is 0.359 e. The summed E-state index contributed by atoms with van der Waals surface area (Å²) < 4.78 is 13.9. The molecule has 2 heterocycles. The molecule has 2 aromatic rings. The molecule has 4 amide bonds. The number of carbonyl (C=O) groups is 3. The van der Waals surface area contributed by atoms with Gasteiger partial charge in [0.25, 0.3) is 0 Å². The van der Waals surface area contributed by atoms with E-state index < -0.39 is 17.8 Å². The van der Waals surface area contributed by atoms with Crippen LogP contribution in [0, 0.1) is 5.82 Å². The predicted octanol–water partition coefficient (Wildman–Crippen LogP) is 1.45. The highest BCUT2D eigenvalue weighted by atomic mass is 32.1. The van der Waals surface area contributed by atoms with Crippen LogP contribution in [-0.2, 0) is 16.0 Å². The molecular formula is C17H18FN5O3S. The average Bonchev–Trinajstić information content (AvgIpc) is 3.22. The van der Waals surface area contributed by atoms with Gasteiger partial charge in [-0.05, 0) is 12.1 Å². The summed E-state index contributed by atoms with van der Waals surface area (Å²) in [4.78, 5) is 42.8. The molecule has 0 saturated carbocycles. The monoisotopic (exact) mass is 391 g/mol. The van der Waals surface area contributed by atoms with Gasteiger partial charge in [0, 0.05) is 25.5 Å². The van der Waals surface area contributed by atoms with E-state index >= 15 is 0 Å². The Morgan fingerprint density at radius 3 is 2.78 bits per heavy atom. The first-order chi connectivity index (χ1) is 13.0. The lowest BCUT2D eigenvalue weighted by atomic mass is 10.3. The number of thiazole rings is 1. The van der Waals surface area contributed by atoms with Crippen LogP contribution in [-0.4, -0.2) is 54.4 Å². The molecule has 0 unspecified atom stereocenters. The smallest absolute Gasteiger partial charge is 0.325 e. The number of hydrogen-bond acceptors (Lipinski definition) is 5. The zero-order valence-electron chi connectivity index (χ0n) is 14.6. The molecule has 1 aliphatic heterocycles. The van der Waals surface area contributed by atoms with Crippen LogP contribution in [0.3, 0.4) is 0 Å². The highest BCUT2D eigenvalue weighted by Crippen LogP contribution is 2.23. The number of nitrogens with one attached hydrogen (secondary N) is 2. The third-order valence-corrected chi connectivity index (χ3v) is 4.80. The molecule has 1 aliphatic rings. The van der Waals surface area contributed by atoms with Gasteiger partial charge in [0.05, 0.1) is 17.8 Å². The minimum Gasteiger partial charge on any atom is -0.359 e. The van der Waals surface area contributed by atoms with Crippen LogP contribution in [0.1, 0.15) is 5.69 Å². The van der Waals surface area contributed by atoms with Crippen LogP contribution >= 0.6 is 11.3 Å². The van der Waals surface area contributed by atoms with Crippen molar-refractivity contribution in [3.63, 3.8) is 0 Å². The van der Waals surface area contributed by atoms with Gasteiger partial charge < -0.3 is 15.5 Å². The number of urea groups is 1. The third-order valence-electron chi connectivity index (χ3n) is 3.99. The molecule has 142 valence electrons. The van der Waals surface area contributed by atoms with E-state index in [2.05, 4.69) is 15.6 Å². The van der Waals surface area contributed by atoms with Gasteiger partial charge in [-0.1, -0.05) is 12.1 Å². The van der Waals surface area contributed by atoms with Crippen LogP contribution in [0.4, 0.5) is 20.0 Å². The molecular weight excluding hydrogens is 373 g/mol. The molecule has 0 atom stereocenters. The molecule has 1 fully saturated rings. The lowest BCUT2D eigenvalue weighted by molar-refractivity contribution is -0.120. The summed E-state index contributed by atoms with van der Waals surface area (Å²) in [6.45, 7) is 0.467. The van der Waals surface area contributed by atoms with Gasteiger partial charge in [0.15, 0.2) is 5.13 Å². The Morgan fingerprint density at radius 2 is 2.04 bits per heavy atom. The average molecular weight is 391 g/mol. The number of nitrogens with zero attached hydrogens (tertiary/aromatic N) is 3. The van der Waals surface area contributed by atoms with Gasteiger partial charge in [0.1, 0.15) is 12.4 Å². The molecule has 0 bridgehead atoms. The Balaban J connectivity index is 1.56. The summed E-state index contributed by atoms with van der Waals surface area (Å²) >= 11 is 1.20. The Labute approximate surface area is 159 Å². The molecule has 1 saturated heterocycles. The number of anilines is 2. The number of likely N-dealkylation sites (N-methyl/N-ethyl adjacent to an activating group) is 1. The van der Waals surface area contributed by atoms with E-state index in [0.717, 1.165) is 0 Å². The van der Waals surface area contributed by atoms with E-state index in [9.17, 15) is 18.8 Å². The zero-order valence-corrected chi connectivity index (χ0v) is 15.4. The Kier molecular flexibility index (Phi) is 5.65. The van der Waals surface area contributed by atoms with Gasteiger partial charge in [-0.3, -0.25) is 14.5 Å². The maximum atomic E-state index is 13.9. The number of aromatic nitrogens is 1. The topological polar surface area (TPSA) is 94.6 Å². The first-order valence-corrected chi connectivity index (χ1v) is 9.11. The van der Waals surface area contributed by atoms with Gasteiger partial charge >= 0.3 is 6.03 Å². The number of hydrogen-bond donors (Lipinski definition) is 2. The minimum atomic E-state index is -0.483. The highest BCUT2D eigenvalue weighted by Gasteiger charge is 2.32. The third kappa shape index (κ3) is 4.40. The number of rotatable bonds is 6. The lowest BCUT2D eigenvalue weighted by Crippen LogP contribution is -2.37. The molecule has 0 radical (unpaired) electrons. The summed E-state index contributed by atoms with van der Waals surface area (Å²) in [5.41, 5.74) is 0.752. The molecule has 1 aromatic carbocycles. The molecule has 3 rings (SSSR count). The molecule has 8 nitrogen and oxygen atoms in total. The molecule has 0 aliphatic carbocycles. The number of halogens is 1. The SMILES string of the molecule is CNC(=O)Cc1csc(NC(=O)CN2CCN(c3ccccc3F)C2=O)n1. The van der Waals surface area contributed by atoms with E-state index in [-0.39, 0.29) is 24.6 Å². The van der Waals surface area contributed by atoms with Crippen molar-refractivity contribution in [2.24, 2.45) is 0 Å². The summed E-state index contributed by atoms with van der Waals surface area (Å²) in [7, 11) is 1.54. The Hall–Kier alpha value is -3.01. The van der Waals surface area contributed by atoms with Crippen molar-refractivity contribution in [1.29, 1.82) is 0 Å². The minimum absolute atomic E-state index is 0.130. The van der Waals surface area contributed by atoms with E-state index in [0.29, 0.717) is 23.9 Å². The molecule has 1 aromatic heterocycles. The van der Waals surface area contributed by atoms with Crippen LogP contribution in [0.5, 0.6) is 0 Å². The van der Waals surface area contributed by atoms with Crippen molar-refractivity contribution in [3.8, 4) is 0 Å². The summed E-state index contributed by atoms with van der Waals surface area (Å²) in [5, 5.41) is 7.16. The second-order valence-corrected chi connectivity index (χ2v) is 6.71. The van der Waals surface area contributed by atoms with Crippen molar-refractivity contribution in [2.45, 2.75) is 6.42 Å². The Bertz CT molecular complexity index is 872. The number of amides is 4. The summed E-state index contributed by atoms with van der Waals surface area (Å²) in [6.07, 6.45) is 0.130.